The van der Waals surface area contributed by atoms with Gasteiger partial charge in [0.25, 0.3) is 0 Å². The van der Waals surface area contributed by atoms with E-state index in [4.69, 9.17) is 4.74 Å². The lowest BCUT2D eigenvalue weighted by molar-refractivity contribution is -0.166. The first kappa shape index (κ1) is 21.3. The Labute approximate surface area is 158 Å². The fourth-order valence-electron chi connectivity index (χ4n) is 3.42. The molecule has 0 radical (unpaired) electrons. The summed E-state index contributed by atoms with van der Waals surface area (Å²) in [6.07, 6.45) is -1.01. The molecular weight excluding hydrogens is 355 g/mol. The highest BCUT2D eigenvalue weighted by Gasteiger charge is 2.50. The maximum absolute atomic E-state index is 13.5. The van der Waals surface area contributed by atoms with Crippen molar-refractivity contribution in [1.29, 1.82) is 0 Å². The summed E-state index contributed by atoms with van der Waals surface area (Å²) in [5.74, 6) is -1.86. The van der Waals surface area contributed by atoms with Gasteiger partial charge in [0.05, 0.1) is 19.3 Å². The van der Waals surface area contributed by atoms with Gasteiger partial charge >= 0.3 is 5.97 Å². The lowest BCUT2D eigenvalue weighted by Gasteiger charge is -2.43. The molecule has 0 aromatic heterocycles. The average Bonchev–Trinajstić information content (AvgIpc) is 2.61. The van der Waals surface area contributed by atoms with Gasteiger partial charge in [-0.2, -0.15) is 0 Å². The molecule has 0 saturated carbocycles. The lowest BCUT2D eigenvalue weighted by Crippen LogP contribution is -2.59. The van der Waals surface area contributed by atoms with E-state index in [1.807, 2.05) is 0 Å². The number of carboxylic acids is 1. The number of amides is 1. The zero-order valence-electron chi connectivity index (χ0n) is 15.7. The Morgan fingerprint density at radius 1 is 1.44 bits per heavy atom. The third-order valence-electron chi connectivity index (χ3n) is 5.05. The number of ether oxygens (including phenoxy) is 1. The lowest BCUT2D eigenvalue weighted by atomic mass is 9.72. The summed E-state index contributed by atoms with van der Waals surface area (Å²) in [4.78, 5) is 28.0. The highest BCUT2D eigenvalue weighted by atomic mass is 19.1. The van der Waals surface area contributed by atoms with Crippen LogP contribution in [-0.4, -0.2) is 84.9 Å². The van der Waals surface area contributed by atoms with Crippen LogP contribution in [0.4, 0.5) is 4.39 Å². The van der Waals surface area contributed by atoms with E-state index >= 15 is 0 Å². The van der Waals surface area contributed by atoms with Gasteiger partial charge in [-0.3, -0.25) is 14.5 Å². The van der Waals surface area contributed by atoms with E-state index < -0.39 is 23.3 Å². The zero-order chi connectivity index (χ0) is 20.0. The topological polar surface area (TPSA) is 90.3 Å². The Morgan fingerprint density at radius 3 is 2.81 bits per heavy atom. The molecule has 0 unspecified atom stereocenters. The Morgan fingerprint density at radius 2 is 2.19 bits per heavy atom. The number of methoxy groups -OCH3 is 1. The van der Waals surface area contributed by atoms with E-state index in [1.54, 1.807) is 25.1 Å². The number of likely N-dealkylation sites (N-methyl/N-ethyl adjacent to an activating group) is 1. The molecule has 2 N–H and O–H groups in total. The van der Waals surface area contributed by atoms with Crippen LogP contribution in [0.5, 0.6) is 0 Å². The summed E-state index contributed by atoms with van der Waals surface area (Å²) < 4.78 is 18.5. The summed E-state index contributed by atoms with van der Waals surface area (Å²) in [6.45, 7) is 1.37. The normalized spacial score (nSPS) is 22.9. The van der Waals surface area contributed by atoms with Gasteiger partial charge in [-0.1, -0.05) is 12.1 Å². The van der Waals surface area contributed by atoms with E-state index in [-0.39, 0.29) is 38.4 Å². The highest BCUT2D eigenvalue weighted by molar-refractivity contribution is 5.81. The first-order valence-corrected chi connectivity index (χ1v) is 8.89. The van der Waals surface area contributed by atoms with Crippen LogP contribution in [0.2, 0.25) is 0 Å². The number of rotatable bonds is 8. The Balaban J connectivity index is 2.16. The van der Waals surface area contributed by atoms with Gasteiger partial charge < -0.3 is 19.8 Å². The maximum Gasteiger partial charge on any atom is 0.314 e. The molecule has 1 fully saturated rings. The molecule has 2 rings (SSSR count). The molecule has 27 heavy (non-hydrogen) atoms. The Hall–Kier alpha value is -2.03. The Kier molecular flexibility index (Phi) is 7.29. The molecule has 150 valence electrons. The monoisotopic (exact) mass is 382 g/mol. The van der Waals surface area contributed by atoms with Crippen molar-refractivity contribution in [2.75, 3.05) is 46.9 Å². The van der Waals surface area contributed by atoms with Crippen molar-refractivity contribution in [2.45, 2.75) is 18.9 Å². The van der Waals surface area contributed by atoms with Gasteiger partial charge in [0.2, 0.25) is 5.91 Å². The molecule has 1 aromatic rings. The molecule has 0 spiro atoms. The van der Waals surface area contributed by atoms with E-state index in [1.165, 1.54) is 23.1 Å². The minimum atomic E-state index is -1.56. The van der Waals surface area contributed by atoms with Crippen LogP contribution in [0, 0.1) is 11.2 Å². The second-order valence-corrected chi connectivity index (χ2v) is 7.12. The van der Waals surface area contributed by atoms with Gasteiger partial charge in [0, 0.05) is 26.7 Å². The predicted molar refractivity (Wildman–Crippen MR) is 96.7 cm³/mol. The van der Waals surface area contributed by atoms with Crippen LogP contribution in [0.3, 0.4) is 0 Å². The van der Waals surface area contributed by atoms with Crippen molar-refractivity contribution in [3.05, 3.63) is 35.6 Å². The number of likely N-dealkylation sites (tertiary alicyclic amines) is 1. The highest BCUT2D eigenvalue weighted by Crippen LogP contribution is 2.35. The van der Waals surface area contributed by atoms with E-state index in [9.17, 15) is 24.2 Å². The third kappa shape index (κ3) is 5.24. The van der Waals surface area contributed by atoms with Crippen molar-refractivity contribution < 1.29 is 28.9 Å². The summed E-state index contributed by atoms with van der Waals surface area (Å²) >= 11 is 0. The van der Waals surface area contributed by atoms with Crippen molar-refractivity contribution in [3.8, 4) is 0 Å². The van der Waals surface area contributed by atoms with Crippen LogP contribution in [0.15, 0.2) is 24.3 Å². The summed E-state index contributed by atoms with van der Waals surface area (Å²) in [6, 6.07) is 5.67. The molecule has 0 aliphatic carbocycles. The molecule has 1 amide bonds. The molecule has 1 aliphatic rings. The van der Waals surface area contributed by atoms with Crippen LogP contribution in [0.1, 0.15) is 12.0 Å². The number of carbonyl (C=O) groups excluding carboxylic acids is 1. The molecule has 8 heteroatoms. The molecule has 7 nitrogen and oxygen atoms in total. The van der Waals surface area contributed by atoms with Crippen molar-refractivity contribution >= 4 is 11.9 Å². The molecule has 1 aliphatic heterocycles. The number of carbonyl (C=O) groups is 2. The fourth-order valence-corrected chi connectivity index (χ4v) is 3.42. The molecule has 1 aromatic carbocycles. The first-order valence-electron chi connectivity index (χ1n) is 8.89. The quantitative estimate of drug-likeness (QED) is 0.685. The summed E-state index contributed by atoms with van der Waals surface area (Å²) in [5.41, 5.74) is -1.09. The van der Waals surface area contributed by atoms with Gasteiger partial charge in [-0.05, 0) is 37.6 Å². The number of nitrogens with zero attached hydrogens (tertiary/aromatic N) is 2. The standard InChI is InChI=1S/C19H27FN2O5/c1-21(8-9-27-2)12-17(24)22-7-6-16(23)19(13-22,18(25)26)11-14-4-3-5-15(20)10-14/h3-5,10,16,23H,6-9,11-13H2,1-2H3,(H,25,26)/t16-,19+/m0/s1. The number of halogens is 1. The van der Waals surface area contributed by atoms with E-state index in [0.717, 1.165) is 0 Å². The second kappa shape index (κ2) is 9.25. The number of aliphatic carboxylic acids is 1. The SMILES string of the molecule is COCCN(C)CC(=O)N1CC[C@H](O)[C@](Cc2cccc(F)c2)(C(=O)O)C1. The second-order valence-electron chi connectivity index (χ2n) is 7.12. The molecular formula is C19H27FN2O5. The van der Waals surface area contributed by atoms with Crippen LogP contribution in [0.25, 0.3) is 0 Å². The number of carboxylic acid groups (broad SMARTS) is 1. The zero-order valence-corrected chi connectivity index (χ0v) is 15.7. The van der Waals surface area contributed by atoms with E-state index in [2.05, 4.69) is 0 Å². The first-order chi connectivity index (χ1) is 12.8. The van der Waals surface area contributed by atoms with E-state index in [0.29, 0.717) is 18.7 Å². The van der Waals surface area contributed by atoms with Gasteiger partial charge in [-0.25, -0.2) is 4.39 Å². The summed E-state index contributed by atoms with van der Waals surface area (Å²) in [7, 11) is 3.36. The smallest absolute Gasteiger partial charge is 0.314 e. The van der Waals surface area contributed by atoms with Gasteiger partial charge in [-0.15, -0.1) is 0 Å². The number of hydrogen-bond acceptors (Lipinski definition) is 5. The number of piperidine rings is 1. The van der Waals surface area contributed by atoms with Crippen LogP contribution >= 0.6 is 0 Å². The molecule has 1 heterocycles. The largest absolute Gasteiger partial charge is 0.481 e. The van der Waals surface area contributed by atoms with Crippen LogP contribution < -0.4 is 0 Å². The minimum absolute atomic E-state index is 0.0510. The average molecular weight is 382 g/mol. The third-order valence-corrected chi connectivity index (χ3v) is 5.05. The summed E-state index contributed by atoms with van der Waals surface area (Å²) in [5, 5.41) is 20.3. The predicted octanol–water partition coefficient (Wildman–Crippen LogP) is 0.611. The fraction of sp³-hybridized carbons (Fsp3) is 0.579. The van der Waals surface area contributed by atoms with Crippen molar-refractivity contribution in [3.63, 3.8) is 0 Å². The molecule has 0 bridgehead atoms. The van der Waals surface area contributed by atoms with Crippen LogP contribution in [-0.2, 0) is 20.7 Å². The molecule has 1 saturated heterocycles. The Bertz CT molecular complexity index is 671. The number of benzene rings is 1. The minimum Gasteiger partial charge on any atom is -0.481 e. The van der Waals surface area contributed by atoms with Crippen molar-refractivity contribution in [2.24, 2.45) is 5.41 Å². The van der Waals surface area contributed by atoms with Gasteiger partial charge in [0.15, 0.2) is 0 Å². The van der Waals surface area contributed by atoms with Crippen molar-refractivity contribution in [1.82, 2.24) is 9.80 Å². The number of aliphatic hydroxyl groups excluding tert-OH is 1. The van der Waals surface area contributed by atoms with Gasteiger partial charge in [0.1, 0.15) is 11.2 Å². The number of aliphatic hydroxyl groups is 1. The maximum atomic E-state index is 13.5. The molecule has 2 atom stereocenters. The number of hydrogen-bond donors (Lipinski definition) is 2.